The maximum atomic E-state index is 12.5. The maximum absolute atomic E-state index is 12.5. The van der Waals surface area contributed by atoms with Crippen molar-refractivity contribution >= 4 is 32.6 Å². The van der Waals surface area contributed by atoms with Crippen LogP contribution in [-0.4, -0.2) is 24.1 Å². The van der Waals surface area contributed by atoms with Gasteiger partial charge in [-0.05, 0) is 12.8 Å². The first-order chi connectivity index (χ1) is 10.6. The first-order valence-corrected chi connectivity index (χ1v) is 8.47. The van der Waals surface area contributed by atoms with Crippen molar-refractivity contribution in [3.05, 3.63) is 12.1 Å². The molecule has 116 valence electrons. The van der Waals surface area contributed by atoms with Gasteiger partial charge in [0.15, 0.2) is 16.6 Å². The van der Waals surface area contributed by atoms with Gasteiger partial charge in [0.2, 0.25) is 5.91 Å². The Morgan fingerprint density at radius 3 is 2.64 bits per heavy atom. The smallest absolute Gasteiger partial charge is 0.232 e. The predicted octanol–water partition coefficient (Wildman–Crippen LogP) is 3.59. The molecule has 0 saturated heterocycles. The summed E-state index contributed by atoms with van der Waals surface area (Å²) >= 11 is 1.48. The van der Waals surface area contributed by atoms with Crippen molar-refractivity contribution in [3.63, 3.8) is 0 Å². The molecule has 0 atom stereocenters. The van der Waals surface area contributed by atoms with E-state index in [-0.39, 0.29) is 11.3 Å². The van der Waals surface area contributed by atoms with Gasteiger partial charge < -0.3 is 14.8 Å². The quantitative estimate of drug-likeness (QED) is 0.919. The summed E-state index contributed by atoms with van der Waals surface area (Å²) in [6.45, 7) is 3.17. The Kier molecular flexibility index (Phi) is 3.22. The molecule has 1 amide bonds. The van der Waals surface area contributed by atoms with E-state index in [2.05, 4.69) is 10.3 Å². The molecule has 0 bridgehead atoms. The first kappa shape index (κ1) is 13.8. The summed E-state index contributed by atoms with van der Waals surface area (Å²) in [4.78, 5) is 17.0. The Balaban J connectivity index is 1.61. The molecule has 4 rings (SSSR count). The van der Waals surface area contributed by atoms with E-state index in [1.165, 1.54) is 11.3 Å². The van der Waals surface area contributed by atoms with Gasteiger partial charge in [0.1, 0.15) is 13.2 Å². The van der Waals surface area contributed by atoms with Crippen LogP contribution in [0.3, 0.4) is 0 Å². The molecule has 0 spiro atoms. The number of carbonyl (C=O) groups excluding carboxylic acids is 1. The molecular formula is C16H18N2O3S. The molecule has 22 heavy (non-hydrogen) atoms. The average Bonchev–Trinajstić information content (AvgIpc) is 3.11. The summed E-state index contributed by atoms with van der Waals surface area (Å²) < 4.78 is 12.2. The number of thiazole rings is 1. The lowest BCUT2D eigenvalue weighted by Gasteiger charge is -2.21. The number of ether oxygens (including phenoxy) is 2. The highest BCUT2D eigenvalue weighted by atomic mass is 32.1. The Morgan fingerprint density at radius 1 is 1.23 bits per heavy atom. The zero-order chi connectivity index (χ0) is 15.2. The third-order valence-corrected chi connectivity index (χ3v) is 5.46. The number of nitrogens with one attached hydrogen (secondary N) is 1. The van der Waals surface area contributed by atoms with Gasteiger partial charge in [-0.2, -0.15) is 0 Å². The van der Waals surface area contributed by atoms with Gasteiger partial charge in [0, 0.05) is 17.5 Å². The largest absolute Gasteiger partial charge is 0.486 e. The highest BCUT2D eigenvalue weighted by molar-refractivity contribution is 7.22. The van der Waals surface area contributed by atoms with Gasteiger partial charge in [-0.3, -0.25) is 4.79 Å². The molecule has 1 fully saturated rings. The summed E-state index contributed by atoms with van der Waals surface area (Å²) in [5, 5.41) is 3.64. The van der Waals surface area contributed by atoms with Crippen LogP contribution in [0, 0.1) is 5.41 Å². The van der Waals surface area contributed by atoms with Crippen molar-refractivity contribution in [2.24, 2.45) is 5.41 Å². The summed E-state index contributed by atoms with van der Waals surface area (Å²) in [5.74, 6) is 1.56. The third kappa shape index (κ3) is 2.31. The normalized spacial score (nSPS) is 19.3. The standard InChI is InChI=1S/C16H18N2O3S/c1-16(4-2-3-5-16)14(19)18-15-17-10-8-11-12(9-13(10)22-15)21-7-6-20-11/h8-9H,2-7H2,1H3,(H,17,18,19). The second kappa shape index (κ2) is 5.12. The van der Waals surface area contributed by atoms with Crippen LogP contribution in [0.15, 0.2) is 12.1 Å². The van der Waals surface area contributed by atoms with Crippen LogP contribution in [0.1, 0.15) is 32.6 Å². The second-order valence-electron chi connectivity index (χ2n) is 6.20. The fourth-order valence-corrected chi connectivity index (χ4v) is 4.02. The van der Waals surface area contributed by atoms with Crippen LogP contribution in [-0.2, 0) is 4.79 Å². The van der Waals surface area contributed by atoms with Crippen LogP contribution >= 0.6 is 11.3 Å². The number of nitrogens with zero attached hydrogens (tertiary/aromatic N) is 1. The Bertz CT molecular complexity index is 691. The monoisotopic (exact) mass is 318 g/mol. The number of benzene rings is 1. The van der Waals surface area contributed by atoms with E-state index in [1.54, 1.807) is 0 Å². The lowest BCUT2D eigenvalue weighted by atomic mass is 9.88. The van der Waals surface area contributed by atoms with Crippen molar-refractivity contribution in [2.45, 2.75) is 32.6 Å². The van der Waals surface area contributed by atoms with E-state index in [0.717, 1.165) is 47.4 Å². The lowest BCUT2D eigenvalue weighted by Crippen LogP contribution is -2.30. The van der Waals surface area contributed by atoms with E-state index >= 15 is 0 Å². The summed E-state index contributed by atoms with van der Waals surface area (Å²) in [5.41, 5.74) is 0.588. The van der Waals surface area contributed by atoms with Crippen LogP contribution < -0.4 is 14.8 Å². The van der Waals surface area contributed by atoms with E-state index in [1.807, 2.05) is 19.1 Å². The molecular weight excluding hydrogens is 300 g/mol. The van der Waals surface area contributed by atoms with Crippen molar-refractivity contribution in [2.75, 3.05) is 18.5 Å². The Morgan fingerprint density at radius 2 is 1.91 bits per heavy atom. The van der Waals surface area contributed by atoms with E-state index < -0.39 is 0 Å². The molecule has 1 saturated carbocycles. The highest BCUT2D eigenvalue weighted by Gasteiger charge is 2.36. The molecule has 1 aromatic heterocycles. The summed E-state index contributed by atoms with van der Waals surface area (Å²) in [7, 11) is 0. The number of anilines is 1. The molecule has 1 aliphatic heterocycles. The Hall–Kier alpha value is -1.82. The number of amides is 1. The van der Waals surface area contributed by atoms with Crippen molar-refractivity contribution in [3.8, 4) is 11.5 Å². The zero-order valence-electron chi connectivity index (χ0n) is 12.5. The zero-order valence-corrected chi connectivity index (χ0v) is 13.3. The number of carbonyl (C=O) groups is 1. The maximum Gasteiger partial charge on any atom is 0.232 e. The fourth-order valence-electron chi connectivity index (χ4n) is 3.15. The lowest BCUT2D eigenvalue weighted by molar-refractivity contribution is -0.124. The number of aromatic nitrogens is 1. The molecule has 0 unspecified atom stereocenters. The van der Waals surface area contributed by atoms with Gasteiger partial charge in [-0.15, -0.1) is 0 Å². The molecule has 5 nitrogen and oxygen atoms in total. The molecule has 2 aliphatic rings. The van der Waals surface area contributed by atoms with Gasteiger partial charge in [0.05, 0.1) is 10.2 Å². The summed E-state index contributed by atoms with van der Waals surface area (Å²) in [6.07, 6.45) is 4.18. The molecule has 2 heterocycles. The molecule has 6 heteroatoms. The van der Waals surface area contributed by atoms with Crippen molar-refractivity contribution in [1.29, 1.82) is 0 Å². The fraction of sp³-hybridized carbons (Fsp3) is 0.500. The molecule has 1 aromatic carbocycles. The van der Waals surface area contributed by atoms with Gasteiger partial charge in [-0.1, -0.05) is 31.1 Å². The first-order valence-electron chi connectivity index (χ1n) is 7.66. The minimum atomic E-state index is -0.247. The molecule has 1 N–H and O–H groups in total. The third-order valence-electron chi connectivity index (χ3n) is 4.53. The van der Waals surface area contributed by atoms with E-state index in [9.17, 15) is 4.79 Å². The molecule has 1 aliphatic carbocycles. The van der Waals surface area contributed by atoms with E-state index in [0.29, 0.717) is 18.3 Å². The molecule has 0 radical (unpaired) electrons. The highest BCUT2D eigenvalue weighted by Crippen LogP contribution is 2.40. The van der Waals surface area contributed by atoms with E-state index in [4.69, 9.17) is 9.47 Å². The summed E-state index contributed by atoms with van der Waals surface area (Å²) in [6, 6.07) is 3.82. The van der Waals surface area contributed by atoms with Crippen molar-refractivity contribution < 1.29 is 14.3 Å². The SMILES string of the molecule is CC1(C(=O)Nc2nc3cc4c(cc3s2)OCCO4)CCCC1. The van der Waals surface area contributed by atoms with Crippen molar-refractivity contribution in [1.82, 2.24) is 4.98 Å². The van der Waals surface area contributed by atoms with Gasteiger partial charge in [0.25, 0.3) is 0 Å². The number of hydrogen-bond donors (Lipinski definition) is 1. The minimum Gasteiger partial charge on any atom is -0.486 e. The average molecular weight is 318 g/mol. The number of rotatable bonds is 2. The van der Waals surface area contributed by atoms with Crippen LogP contribution in [0.25, 0.3) is 10.2 Å². The minimum absolute atomic E-state index is 0.0846. The topological polar surface area (TPSA) is 60.5 Å². The number of hydrogen-bond acceptors (Lipinski definition) is 5. The van der Waals surface area contributed by atoms with Gasteiger partial charge >= 0.3 is 0 Å². The Labute approximate surface area is 132 Å². The van der Waals surface area contributed by atoms with Crippen LogP contribution in [0.4, 0.5) is 5.13 Å². The van der Waals surface area contributed by atoms with Crippen LogP contribution in [0.5, 0.6) is 11.5 Å². The van der Waals surface area contributed by atoms with Gasteiger partial charge in [-0.25, -0.2) is 4.98 Å². The van der Waals surface area contributed by atoms with Crippen LogP contribution in [0.2, 0.25) is 0 Å². The second-order valence-corrected chi connectivity index (χ2v) is 7.24. The number of fused-ring (bicyclic) bond motifs is 2. The predicted molar refractivity (Wildman–Crippen MR) is 85.8 cm³/mol. The molecule has 2 aromatic rings.